The van der Waals surface area contributed by atoms with Gasteiger partial charge in [0.2, 0.25) is 0 Å². The molecule has 0 aliphatic carbocycles. The van der Waals surface area contributed by atoms with Crippen molar-refractivity contribution in [3.8, 4) is 0 Å². The molecule has 0 saturated heterocycles. The number of nitrogens with one attached hydrogen (secondary N) is 1. The Morgan fingerprint density at radius 3 is 2.53 bits per heavy atom. The summed E-state index contributed by atoms with van der Waals surface area (Å²) >= 11 is 11.8. The Labute approximate surface area is 111 Å². The van der Waals surface area contributed by atoms with E-state index >= 15 is 0 Å². The Hall–Kier alpha value is -1.18. The molecule has 0 aromatic heterocycles. The van der Waals surface area contributed by atoms with Crippen LogP contribution in [0.4, 0.5) is 5.69 Å². The largest absolute Gasteiger partial charge is 0.381 e. The molecule has 2 aromatic carbocycles. The fourth-order valence-corrected chi connectivity index (χ4v) is 1.93. The van der Waals surface area contributed by atoms with Crippen molar-refractivity contribution in [1.29, 1.82) is 0 Å². The van der Waals surface area contributed by atoms with Crippen LogP contribution in [0, 0.1) is 6.92 Å². The van der Waals surface area contributed by atoms with Gasteiger partial charge in [-0.3, -0.25) is 0 Å². The summed E-state index contributed by atoms with van der Waals surface area (Å²) < 4.78 is 0. The molecule has 88 valence electrons. The van der Waals surface area contributed by atoms with Crippen molar-refractivity contribution in [2.75, 3.05) is 5.32 Å². The minimum absolute atomic E-state index is 0.589. The number of halogens is 2. The van der Waals surface area contributed by atoms with Crippen LogP contribution in [0.1, 0.15) is 11.1 Å². The lowest BCUT2D eigenvalue weighted by Gasteiger charge is -2.08. The zero-order valence-electron chi connectivity index (χ0n) is 9.50. The molecular weight excluding hydrogens is 253 g/mol. The van der Waals surface area contributed by atoms with Crippen LogP contribution in [0.2, 0.25) is 10.0 Å². The van der Waals surface area contributed by atoms with E-state index in [1.165, 1.54) is 5.56 Å². The normalized spacial score (nSPS) is 10.3. The van der Waals surface area contributed by atoms with Gasteiger partial charge in [0.15, 0.2) is 0 Å². The molecule has 0 aliphatic rings. The van der Waals surface area contributed by atoms with E-state index < -0.39 is 0 Å². The topological polar surface area (TPSA) is 12.0 Å². The molecule has 0 spiro atoms. The number of aryl methyl sites for hydroxylation is 1. The average Bonchev–Trinajstić information content (AvgIpc) is 2.31. The molecule has 0 fully saturated rings. The minimum atomic E-state index is 0.589. The molecule has 17 heavy (non-hydrogen) atoms. The van der Waals surface area contributed by atoms with Crippen molar-refractivity contribution in [1.82, 2.24) is 0 Å². The van der Waals surface area contributed by atoms with Crippen LogP contribution < -0.4 is 5.32 Å². The fourth-order valence-electron chi connectivity index (χ4n) is 1.61. The highest BCUT2D eigenvalue weighted by atomic mass is 35.5. The van der Waals surface area contributed by atoms with Crippen LogP contribution in [-0.4, -0.2) is 0 Å². The van der Waals surface area contributed by atoms with Crippen LogP contribution in [0.25, 0.3) is 0 Å². The molecule has 0 aliphatic heterocycles. The van der Waals surface area contributed by atoms with Crippen molar-refractivity contribution in [3.63, 3.8) is 0 Å². The highest BCUT2D eigenvalue weighted by Gasteiger charge is 1.99. The number of rotatable bonds is 3. The second-order valence-electron chi connectivity index (χ2n) is 3.97. The minimum Gasteiger partial charge on any atom is -0.381 e. The number of hydrogen-bond acceptors (Lipinski definition) is 1. The Morgan fingerprint density at radius 2 is 1.82 bits per heavy atom. The van der Waals surface area contributed by atoms with Crippen LogP contribution in [0.3, 0.4) is 0 Å². The maximum absolute atomic E-state index is 5.96. The molecule has 0 bridgehead atoms. The van der Waals surface area contributed by atoms with Gasteiger partial charge in [0.05, 0.1) is 10.0 Å². The summed E-state index contributed by atoms with van der Waals surface area (Å²) in [4.78, 5) is 0. The lowest BCUT2D eigenvalue weighted by Crippen LogP contribution is -1.99. The van der Waals surface area contributed by atoms with Gasteiger partial charge in [0, 0.05) is 12.2 Å². The first-order valence-electron chi connectivity index (χ1n) is 5.39. The van der Waals surface area contributed by atoms with Crippen LogP contribution >= 0.6 is 23.2 Å². The van der Waals surface area contributed by atoms with Gasteiger partial charge in [0.25, 0.3) is 0 Å². The van der Waals surface area contributed by atoms with Crippen LogP contribution in [-0.2, 0) is 6.54 Å². The lowest BCUT2D eigenvalue weighted by atomic mass is 10.2. The Balaban J connectivity index is 2.05. The highest BCUT2D eigenvalue weighted by Crippen LogP contribution is 2.23. The molecule has 2 rings (SSSR count). The maximum Gasteiger partial charge on any atom is 0.0595 e. The van der Waals surface area contributed by atoms with E-state index in [9.17, 15) is 0 Å². The first-order valence-corrected chi connectivity index (χ1v) is 6.15. The standard InChI is InChI=1S/C14H13Cl2N/c1-10-3-2-4-12(7-10)17-9-11-5-6-13(15)14(16)8-11/h2-8,17H,9H2,1H3. The number of hydrogen-bond donors (Lipinski definition) is 1. The molecule has 1 nitrogen and oxygen atoms in total. The molecule has 0 amide bonds. The molecule has 1 N–H and O–H groups in total. The van der Waals surface area contributed by atoms with E-state index in [4.69, 9.17) is 23.2 Å². The van der Waals surface area contributed by atoms with E-state index in [2.05, 4.69) is 24.4 Å². The third-order valence-electron chi connectivity index (χ3n) is 2.50. The number of benzene rings is 2. The first kappa shape index (κ1) is 12.3. The third kappa shape index (κ3) is 3.39. The van der Waals surface area contributed by atoms with E-state index in [0.717, 1.165) is 17.8 Å². The molecule has 0 radical (unpaired) electrons. The summed E-state index contributed by atoms with van der Waals surface area (Å²) in [6.07, 6.45) is 0. The lowest BCUT2D eigenvalue weighted by molar-refractivity contribution is 1.15. The Kier molecular flexibility index (Phi) is 3.93. The fraction of sp³-hybridized carbons (Fsp3) is 0.143. The van der Waals surface area contributed by atoms with Gasteiger partial charge in [-0.2, -0.15) is 0 Å². The van der Waals surface area contributed by atoms with Crippen molar-refractivity contribution >= 4 is 28.9 Å². The zero-order valence-corrected chi connectivity index (χ0v) is 11.0. The summed E-state index contributed by atoms with van der Waals surface area (Å²) in [5, 5.41) is 4.53. The van der Waals surface area contributed by atoms with E-state index in [1.807, 2.05) is 30.3 Å². The summed E-state index contributed by atoms with van der Waals surface area (Å²) in [7, 11) is 0. The van der Waals surface area contributed by atoms with Gasteiger partial charge in [-0.25, -0.2) is 0 Å². The van der Waals surface area contributed by atoms with Gasteiger partial charge >= 0.3 is 0 Å². The summed E-state index contributed by atoms with van der Waals surface area (Å²) in [5.74, 6) is 0. The Morgan fingerprint density at radius 1 is 1.00 bits per heavy atom. The van der Waals surface area contributed by atoms with Crippen molar-refractivity contribution < 1.29 is 0 Å². The van der Waals surface area contributed by atoms with E-state index in [1.54, 1.807) is 0 Å². The smallest absolute Gasteiger partial charge is 0.0595 e. The van der Waals surface area contributed by atoms with Gasteiger partial charge in [-0.05, 0) is 42.3 Å². The average molecular weight is 266 g/mol. The van der Waals surface area contributed by atoms with Crippen LogP contribution in [0.15, 0.2) is 42.5 Å². The molecule has 3 heteroatoms. The third-order valence-corrected chi connectivity index (χ3v) is 3.24. The van der Waals surface area contributed by atoms with Crippen molar-refractivity contribution in [2.24, 2.45) is 0 Å². The van der Waals surface area contributed by atoms with Crippen molar-refractivity contribution in [3.05, 3.63) is 63.6 Å². The van der Waals surface area contributed by atoms with E-state index in [0.29, 0.717) is 10.0 Å². The summed E-state index contributed by atoms with van der Waals surface area (Å²) in [6.45, 7) is 2.81. The molecule has 2 aromatic rings. The van der Waals surface area contributed by atoms with Gasteiger partial charge in [-0.1, -0.05) is 41.4 Å². The molecule has 0 heterocycles. The second-order valence-corrected chi connectivity index (χ2v) is 4.79. The maximum atomic E-state index is 5.96. The van der Waals surface area contributed by atoms with Gasteiger partial charge in [-0.15, -0.1) is 0 Å². The summed E-state index contributed by atoms with van der Waals surface area (Å²) in [6, 6.07) is 13.9. The summed E-state index contributed by atoms with van der Waals surface area (Å²) in [5.41, 5.74) is 3.46. The molecular formula is C14H13Cl2N. The van der Waals surface area contributed by atoms with Crippen molar-refractivity contribution in [2.45, 2.75) is 13.5 Å². The second kappa shape index (κ2) is 5.44. The number of anilines is 1. The monoisotopic (exact) mass is 265 g/mol. The van der Waals surface area contributed by atoms with Crippen LogP contribution in [0.5, 0.6) is 0 Å². The molecule has 0 unspecified atom stereocenters. The molecule has 0 atom stereocenters. The van der Waals surface area contributed by atoms with Gasteiger partial charge in [0.1, 0.15) is 0 Å². The first-order chi connectivity index (χ1) is 8.15. The van der Waals surface area contributed by atoms with E-state index in [-0.39, 0.29) is 0 Å². The molecule has 0 saturated carbocycles. The predicted molar refractivity (Wildman–Crippen MR) is 75.0 cm³/mol. The zero-order chi connectivity index (χ0) is 12.3. The Bertz CT molecular complexity index is 523. The van der Waals surface area contributed by atoms with Gasteiger partial charge < -0.3 is 5.32 Å². The quantitative estimate of drug-likeness (QED) is 0.831. The predicted octanol–water partition coefficient (Wildman–Crippen LogP) is 4.91. The SMILES string of the molecule is Cc1cccc(NCc2ccc(Cl)c(Cl)c2)c1. The highest BCUT2D eigenvalue weighted by molar-refractivity contribution is 6.42.